The van der Waals surface area contributed by atoms with E-state index in [1.807, 2.05) is 52.4 Å². The van der Waals surface area contributed by atoms with Crippen LogP contribution in [0.4, 0.5) is 0 Å². The normalized spacial score (nSPS) is 17.7. The molecule has 0 saturated heterocycles. The van der Waals surface area contributed by atoms with E-state index >= 15 is 0 Å². The first-order valence-electron chi connectivity index (χ1n) is 10.1. The fourth-order valence-corrected chi connectivity index (χ4v) is 6.46. The average Bonchev–Trinajstić information content (AvgIpc) is 3.41. The molecular formula is C25H17ClN2OS2. The molecular weight excluding hydrogens is 444 g/mol. The molecule has 0 fully saturated rings. The third kappa shape index (κ3) is 3.07. The van der Waals surface area contributed by atoms with Gasteiger partial charge in [-0.1, -0.05) is 71.5 Å². The van der Waals surface area contributed by atoms with Gasteiger partial charge in [0.1, 0.15) is 0 Å². The van der Waals surface area contributed by atoms with Gasteiger partial charge in [0.2, 0.25) is 0 Å². The summed E-state index contributed by atoms with van der Waals surface area (Å²) in [5.41, 5.74) is 5.58. The first kappa shape index (κ1) is 19.0. The Hall–Kier alpha value is -2.73. The molecule has 6 heteroatoms. The molecule has 152 valence electrons. The summed E-state index contributed by atoms with van der Waals surface area (Å²) in [7, 11) is 0. The van der Waals surface area contributed by atoms with E-state index in [0.717, 1.165) is 39.3 Å². The molecule has 0 saturated carbocycles. The molecule has 4 aromatic rings. The molecule has 0 spiro atoms. The summed E-state index contributed by atoms with van der Waals surface area (Å²) in [6.07, 6.45) is 3.76. The Morgan fingerprint density at radius 3 is 2.71 bits per heavy atom. The predicted molar refractivity (Wildman–Crippen MR) is 129 cm³/mol. The van der Waals surface area contributed by atoms with Gasteiger partial charge in [-0.3, -0.25) is 9.36 Å². The molecule has 0 amide bonds. The van der Waals surface area contributed by atoms with Crippen LogP contribution in [0.25, 0.3) is 11.8 Å². The molecule has 0 N–H and O–H groups in total. The number of thiazole rings is 1. The minimum Gasteiger partial charge on any atom is -0.272 e. The number of hydrogen-bond acceptors (Lipinski definition) is 4. The number of halogens is 1. The predicted octanol–water partition coefficient (Wildman–Crippen LogP) is 5.03. The summed E-state index contributed by atoms with van der Waals surface area (Å²) < 4.78 is 2.55. The highest BCUT2D eigenvalue weighted by atomic mass is 35.5. The second kappa shape index (κ2) is 7.45. The largest absolute Gasteiger partial charge is 0.272 e. The van der Waals surface area contributed by atoms with Gasteiger partial charge in [0.25, 0.3) is 5.56 Å². The van der Waals surface area contributed by atoms with Crippen LogP contribution in [0.1, 0.15) is 34.0 Å². The second-order valence-corrected chi connectivity index (χ2v) is 10.0. The molecule has 6 rings (SSSR count). The number of benzene rings is 2. The molecule has 3 nitrogen and oxygen atoms in total. The lowest BCUT2D eigenvalue weighted by atomic mass is 9.83. The lowest BCUT2D eigenvalue weighted by molar-refractivity contribution is 0.585. The smallest absolute Gasteiger partial charge is 0.271 e. The Kier molecular flexibility index (Phi) is 4.56. The maximum Gasteiger partial charge on any atom is 0.271 e. The highest BCUT2D eigenvalue weighted by Crippen LogP contribution is 2.42. The summed E-state index contributed by atoms with van der Waals surface area (Å²) in [5.74, 6) is 0. The van der Waals surface area contributed by atoms with Crippen molar-refractivity contribution in [3.8, 4) is 0 Å². The van der Waals surface area contributed by atoms with E-state index in [-0.39, 0.29) is 11.6 Å². The zero-order valence-corrected chi connectivity index (χ0v) is 18.8. The molecule has 1 aliphatic carbocycles. The van der Waals surface area contributed by atoms with E-state index in [1.165, 1.54) is 22.5 Å². The van der Waals surface area contributed by atoms with Crippen LogP contribution >= 0.6 is 34.3 Å². The van der Waals surface area contributed by atoms with Crippen molar-refractivity contribution in [2.24, 2.45) is 4.99 Å². The molecule has 1 aliphatic heterocycles. The number of nitrogens with zero attached hydrogens (tertiary/aromatic N) is 2. The number of fused-ring (bicyclic) bond motifs is 3. The van der Waals surface area contributed by atoms with Crippen molar-refractivity contribution in [1.82, 2.24) is 4.57 Å². The SMILES string of the molecule is O=c1/c(=C/c2cccs2)sc2n1[C@H](c1ccccc1Cl)C1=C(N=2)c2ccccc2CC1. The van der Waals surface area contributed by atoms with Crippen molar-refractivity contribution in [1.29, 1.82) is 0 Å². The first-order valence-corrected chi connectivity index (χ1v) is 12.2. The molecule has 2 aromatic heterocycles. The highest BCUT2D eigenvalue weighted by molar-refractivity contribution is 7.11. The second-order valence-electron chi connectivity index (χ2n) is 7.65. The Balaban J connectivity index is 1.68. The van der Waals surface area contributed by atoms with E-state index in [1.54, 1.807) is 11.3 Å². The molecule has 2 aliphatic rings. The van der Waals surface area contributed by atoms with Gasteiger partial charge < -0.3 is 0 Å². The lowest BCUT2D eigenvalue weighted by Gasteiger charge is -2.31. The van der Waals surface area contributed by atoms with Crippen molar-refractivity contribution in [2.75, 3.05) is 0 Å². The first-order chi connectivity index (χ1) is 15.2. The van der Waals surface area contributed by atoms with Gasteiger partial charge >= 0.3 is 0 Å². The van der Waals surface area contributed by atoms with Crippen molar-refractivity contribution in [2.45, 2.75) is 18.9 Å². The van der Waals surface area contributed by atoms with Crippen LogP contribution in [0.5, 0.6) is 0 Å². The number of rotatable bonds is 2. The monoisotopic (exact) mass is 460 g/mol. The standard InChI is InChI=1S/C25H17ClN2OS2/c26-20-10-4-3-9-18(20)23-19-12-11-15-6-1-2-8-17(15)22(19)27-25-28(23)24(29)21(31-25)14-16-7-5-13-30-16/h1-10,13-14,23H,11-12H2/b21-14-/t23-/m1/s1. The van der Waals surface area contributed by atoms with E-state index in [2.05, 4.69) is 24.3 Å². The lowest BCUT2D eigenvalue weighted by Crippen LogP contribution is -2.38. The molecule has 31 heavy (non-hydrogen) atoms. The van der Waals surface area contributed by atoms with Crippen LogP contribution in [-0.4, -0.2) is 4.57 Å². The summed E-state index contributed by atoms with van der Waals surface area (Å²) in [5, 5.41) is 2.69. The number of thiophene rings is 1. The van der Waals surface area contributed by atoms with Crippen LogP contribution < -0.4 is 14.9 Å². The minimum atomic E-state index is -0.237. The van der Waals surface area contributed by atoms with Gasteiger partial charge in [-0.05, 0) is 53.1 Å². The number of hydrogen-bond donors (Lipinski definition) is 0. The summed E-state index contributed by atoms with van der Waals surface area (Å²) >= 11 is 9.73. The molecule has 0 unspecified atom stereocenters. The summed E-state index contributed by atoms with van der Waals surface area (Å²) in [4.78, 5) is 20.4. The van der Waals surface area contributed by atoms with E-state index in [4.69, 9.17) is 16.6 Å². The van der Waals surface area contributed by atoms with Crippen molar-refractivity contribution >= 4 is 46.0 Å². The van der Waals surface area contributed by atoms with Gasteiger partial charge in [-0.25, -0.2) is 4.99 Å². The fourth-order valence-electron chi connectivity index (χ4n) is 4.50. The van der Waals surface area contributed by atoms with Crippen molar-refractivity contribution in [3.63, 3.8) is 0 Å². The van der Waals surface area contributed by atoms with Crippen LogP contribution in [0.15, 0.2) is 81.4 Å². The Bertz CT molecular complexity index is 1530. The van der Waals surface area contributed by atoms with E-state index in [9.17, 15) is 4.79 Å². The molecule has 1 atom stereocenters. The summed E-state index contributed by atoms with van der Waals surface area (Å²) in [6.45, 7) is 0. The average molecular weight is 461 g/mol. The molecule has 0 radical (unpaired) electrons. The molecule has 0 bridgehead atoms. The third-order valence-electron chi connectivity index (χ3n) is 5.89. The third-order valence-corrected chi connectivity index (χ3v) is 8.04. The van der Waals surface area contributed by atoms with Crippen LogP contribution in [0.3, 0.4) is 0 Å². The van der Waals surface area contributed by atoms with E-state index in [0.29, 0.717) is 9.55 Å². The van der Waals surface area contributed by atoms with Gasteiger partial charge in [0.15, 0.2) is 4.80 Å². The topological polar surface area (TPSA) is 34.4 Å². The number of allylic oxidation sites excluding steroid dienone is 1. The van der Waals surface area contributed by atoms with Crippen LogP contribution in [0.2, 0.25) is 5.02 Å². The molecule has 2 aromatic carbocycles. The van der Waals surface area contributed by atoms with E-state index < -0.39 is 0 Å². The zero-order chi connectivity index (χ0) is 20.9. The van der Waals surface area contributed by atoms with Crippen molar-refractivity contribution < 1.29 is 0 Å². The van der Waals surface area contributed by atoms with Gasteiger partial charge in [-0.15, -0.1) is 11.3 Å². The Morgan fingerprint density at radius 1 is 1.03 bits per heavy atom. The van der Waals surface area contributed by atoms with Crippen molar-refractivity contribution in [3.05, 3.63) is 118 Å². The maximum absolute atomic E-state index is 13.6. The number of aryl methyl sites for hydroxylation is 1. The van der Waals surface area contributed by atoms with Crippen LogP contribution in [-0.2, 0) is 6.42 Å². The molecule has 3 heterocycles. The summed E-state index contributed by atoms with van der Waals surface area (Å²) in [6, 6.07) is 20.1. The highest BCUT2D eigenvalue weighted by Gasteiger charge is 2.33. The Labute approximate surface area is 191 Å². The Morgan fingerprint density at radius 2 is 1.87 bits per heavy atom. The maximum atomic E-state index is 13.6. The van der Waals surface area contributed by atoms with Gasteiger partial charge in [0, 0.05) is 15.5 Å². The number of aromatic nitrogens is 1. The van der Waals surface area contributed by atoms with Gasteiger partial charge in [0.05, 0.1) is 16.3 Å². The van der Waals surface area contributed by atoms with Gasteiger partial charge in [-0.2, -0.15) is 0 Å². The quantitative estimate of drug-likeness (QED) is 0.413. The van der Waals surface area contributed by atoms with Crippen LogP contribution in [0, 0.1) is 0 Å². The minimum absolute atomic E-state index is 0.00696. The zero-order valence-electron chi connectivity index (χ0n) is 16.4. The fraction of sp³-hybridized carbons (Fsp3) is 0.120.